The smallest absolute Gasteiger partial charge is 0.162 e. The Kier molecular flexibility index (Phi) is 3.94. The summed E-state index contributed by atoms with van der Waals surface area (Å²) in [5, 5.41) is 29.0. The lowest BCUT2D eigenvalue weighted by atomic mass is 10.1. The van der Waals surface area contributed by atoms with Gasteiger partial charge in [-0.1, -0.05) is 0 Å². The van der Waals surface area contributed by atoms with Gasteiger partial charge in [0.05, 0.1) is 26.0 Å². The highest BCUT2D eigenvalue weighted by Crippen LogP contribution is 2.37. The van der Waals surface area contributed by atoms with Gasteiger partial charge in [0.1, 0.15) is 0 Å². The first-order valence-corrected chi connectivity index (χ1v) is 4.61. The zero-order chi connectivity index (χ0) is 12.3. The molecule has 2 N–H and O–H groups in total. The predicted molar refractivity (Wildman–Crippen MR) is 57.8 cm³/mol. The number of ether oxygens (including phenoxy) is 2. The molecule has 1 atom stereocenters. The molecule has 0 aliphatic rings. The molecule has 6 heteroatoms. The van der Waals surface area contributed by atoms with E-state index in [9.17, 15) is 10.3 Å². The van der Waals surface area contributed by atoms with Crippen molar-refractivity contribution in [2.75, 3.05) is 19.4 Å². The summed E-state index contributed by atoms with van der Waals surface area (Å²) < 4.78 is 10.0. The monoisotopic (exact) mass is 228 g/mol. The summed E-state index contributed by atoms with van der Waals surface area (Å²) in [7, 11) is 2.85. The van der Waals surface area contributed by atoms with E-state index in [-0.39, 0.29) is 16.5 Å². The van der Waals surface area contributed by atoms with Crippen molar-refractivity contribution in [3.8, 4) is 11.5 Å². The molecular formula is C10H14NO5-. The molecule has 90 valence electrons. The number of aliphatic hydroxyl groups excluding tert-OH is 1. The van der Waals surface area contributed by atoms with Crippen LogP contribution in [0.25, 0.3) is 0 Å². The van der Waals surface area contributed by atoms with Crippen molar-refractivity contribution < 1.29 is 19.8 Å². The molecule has 0 saturated heterocycles. The third-order valence-corrected chi connectivity index (χ3v) is 2.19. The van der Waals surface area contributed by atoms with Gasteiger partial charge in [-0.15, -0.1) is 0 Å². The Morgan fingerprint density at radius 2 is 1.75 bits per heavy atom. The Bertz CT molecular complexity index is 329. The largest absolute Gasteiger partial charge is 0.733 e. The molecule has 1 rings (SSSR count). The normalized spacial score (nSPS) is 12.1. The summed E-state index contributed by atoms with van der Waals surface area (Å²) >= 11 is 0. The van der Waals surface area contributed by atoms with Crippen LogP contribution in [0.4, 0.5) is 5.69 Å². The van der Waals surface area contributed by atoms with Gasteiger partial charge in [0.25, 0.3) is 0 Å². The van der Waals surface area contributed by atoms with E-state index in [0.29, 0.717) is 11.5 Å². The third-order valence-electron chi connectivity index (χ3n) is 2.19. The van der Waals surface area contributed by atoms with Gasteiger partial charge >= 0.3 is 0 Å². The topological polar surface area (TPSA) is 85.2 Å². The van der Waals surface area contributed by atoms with Crippen molar-refractivity contribution in [2.45, 2.75) is 13.0 Å². The Balaban J connectivity index is 3.35. The molecule has 1 aromatic rings. The lowest BCUT2D eigenvalue weighted by Gasteiger charge is -2.26. The van der Waals surface area contributed by atoms with Crippen LogP contribution in [0.15, 0.2) is 12.1 Å². The maximum Gasteiger partial charge on any atom is 0.162 e. The van der Waals surface area contributed by atoms with Crippen molar-refractivity contribution in [3.63, 3.8) is 0 Å². The first-order chi connectivity index (χ1) is 7.51. The van der Waals surface area contributed by atoms with Crippen LogP contribution in [0.5, 0.6) is 11.5 Å². The van der Waals surface area contributed by atoms with E-state index in [1.807, 2.05) is 0 Å². The zero-order valence-corrected chi connectivity index (χ0v) is 9.30. The summed E-state index contributed by atoms with van der Waals surface area (Å²) in [4.78, 5) is 0. The number of nitrogens with zero attached hydrogens (tertiary/aromatic N) is 1. The van der Waals surface area contributed by atoms with Gasteiger partial charge in [-0.3, -0.25) is 5.21 Å². The quantitative estimate of drug-likeness (QED) is 0.758. The SMILES string of the molecule is COc1cc(C(C)O)c(N([O-])O)cc1OC. The average Bonchev–Trinajstić information content (AvgIpc) is 2.26. The van der Waals surface area contributed by atoms with Gasteiger partial charge in [-0.25, -0.2) is 0 Å². The molecule has 0 spiro atoms. The van der Waals surface area contributed by atoms with Crippen LogP contribution in [-0.2, 0) is 0 Å². The highest BCUT2D eigenvalue weighted by molar-refractivity contribution is 5.61. The van der Waals surface area contributed by atoms with Crippen molar-refractivity contribution in [1.29, 1.82) is 0 Å². The minimum atomic E-state index is -0.904. The fourth-order valence-electron chi connectivity index (χ4n) is 1.38. The highest BCUT2D eigenvalue weighted by atomic mass is 16.8. The number of anilines is 1. The van der Waals surface area contributed by atoms with Crippen LogP contribution in [0.2, 0.25) is 0 Å². The number of aliphatic hydroxyl groups is 1. The third kappa shape index (κ3) is 2.35. The lowest BCUT2D eigenvalue weighted by Crippen LogP contribution is -2.12. The maximum absolute atomic E-state index is 10.9. The Hall–Kier alpha value is -1.50. The van der Waals surface area contributed by atoms with E-state index >= 15 is 0 Å². The van der Waals surface area contributed by atoms with Crippen LogP contribution in [-0.4, -0.2) is 24.5 Å². The Morgan fingerprint density at radius 3 is 2.12 bits per heavy atom. The molecular weight excluding hydrogens is 214 g/mol. The summed E-state index contributed by atoms with van der Waals surface area (Å²) in [6.07, 6.45) is -0.904. The van der Waals surface area contributed by atoms with Gasteiger partial charge in [0.15, 0.2) is 11.5 Å². The average molecular weight is 228 g/mol. The van der Waals surface area contributed by atoms with Crippen LogP contribution in [0.1, 0.15) is 18.6 Å². The second-order valence-electron chi connectivity index (χ2n) is 3.21. The van der Waals surface area contributed by atoms with E-state index in [0.717, 1.165) is 0 Å². The molecule has 0 fully saturated rings. The number of rotatable bonds is 4. The molecule has 0 bridgehead atoms. The first-order valence-electron chi connectivity index (χ1n) is 4.61. The van der Waals surface area contributed by atoms with E-state index < -0.39 is 6.10 Å². The predicted octanol–water partition coefficient (Wildman–Crippen LogP) is 1.45. The van der Waals surface area contributed by atoms with Crippen molar-refractivity contribution in [3.05, 3.63) is 22.9 Å². The van der Waals surface area contributed by atoms with Gasteiger partial charge in [0.2, 0.25) is 0 Å². The summed E-state index contributed by atoms with van der Waals surface area (Å²) in [6.45, 7) is 1.48. The van der Waals surface area contributed by atoms with Crippen LogP contribution in [0.3, 0.4) is 0 Å². The van der Waals surface area contributed by atoms with Gasteiger partial charge in [-0.2, -0.15) is 0 Å². The summed E-state index contributed by atoms with van der Waals surface area (Å²) in [5.74, 6) is 0.681. The fourth-order valence-corrected chi connectivity index (χ4v) is 1.38. The minimum Gasteiger partial charge on any atom is -0.733 e. The molecule has 0 amide bonds. The minimum absolute atomic E-state index is 0.0762. The molecule has 0 saturated carbocycles. The van der Waals surface area contributed by atoms with Crippen molar-refractivity contribution in [2.24, 2.45) is 0 Å². The standard InChI is InChI=1S/C10H14NO5/c1-6(12)7-4-9(15-2)10(16-3)5-8(7)11(13)14/h4-6,12-13H,1-3H3/q-1. The van der Waals surface area contributed by atoms with Crippen molar-refractivity contribution in [1.82, 2.24) is 0 Å². The Labute approximate surface area is 93.2 Å². The second kappa shape index (κ2) is 5.02. The van der Waals surface area contributed by atoms with Gasteiger partial charge < -0.3 is 25.0 Å². The molecule has 1 unspecified atom stereocenters. The summed E-state index contributed by atoms with van der Waals surface area (Å²) in [6, 6.07) is 2.74. The van der Waals surface area contributed by atoms with E-state index in [4.69, 9.17) is 14.7 Å². The molecule has 0 heterocycles. The van der Waals surface area contributed by atoms with Crippen molar-refractivity contribution >= 4 is 5.69 Å². The maximum atomic E-state index is 10.9. The molecule has 1 aromatic carbocycles. The van der Waals surface area contributed by atoms with E-state index in [1.54, 1.807) is 0 Å². The second-order valence-corrected chi connectivity index (χ2v) is 3.21. The summed E-state index contributed by atoms with van der Waals surface area (Å²) in [5.41, 5.74) is 0.183. The van der Waals surface area contributed by atoms with Crippen LogP contribution in [0, 0.1) is 5.21 Å². The number of benzene rings is 1. The first kappa shape index (κ1) is 12.6. The molecule has 0 aromatic heterocycles. The fraction of sp³-hybridized carbons (Fsp3) is 0.400. The zero-order valence-electron chi connectivity index (χ0n) is 9.30. The molecule has 0 aliphatic heterocycles. The number of hydrogen-bond acceptors (Lipinski definition) is 6. The van der Waals surface area contributed by atoms with E-state index in [1.165, 1.54) is 33.3 Å². The highest BCUT2D eigenvalue weighted by Gasteiger charge is 2.15. The van der Waals surface area contributed by atoms with E-state index in [2.05, 4.69) is 0 Å². The Morgan fingerprint density at radius 1 is 1.25 bits per heavy atom. The van der Waals surface area contributed by atoms with Crippen LogP contribution < -0.4 is 14.7 Å². The number of hydrogen-bond donors (Lipinski definition) is 2. The van der Waals surface area contributed by atoms with Crippen LogP contribution >= 0.6 is 0 Å². The lowest BCUT2D eigenvalue weighted by molar-refractivity contribution is 0.196. The van der Waals surface area contributed by atoms with Gasteiger partial charge in [-0.05, 0) is 13.0 Å². The molecule has 0 radical (unpaired) electrons. The molecule has 0 aliphatic carbocycles. The molecule has 16 heavy (non-hydrogen) atoms. The number of methoxy groups -OCH3 is 2. The van der Waals surface area contributed by atoms with Gasteiger partial charge in [0, 0.05) is 11.6 Å². The molecule has 6 nitrogen and oxygen atoms in total.